The van der Waals surface area contributed by atoms with E-state index in [-0.39, 0.29) is 10.9 Å². The third-order valence-electron chi connectivity index (χ3n) is 2.49. The maximum Gasteiger partial charge on any atom is 0.221 e. The highest BCUT2D eigenvalue weighted by Gasteiger charge is 2.06. The topological polar surface area (TPSA) is 67.2 Å². The zero-order chi connectivity index (χ0) is 14.3. The molecule has 0 bridgehead atoms. The number of anilines is 1. The van der Waals surface area contributed by atoms with Gasteiger partial charge in [0.05, 0.1) is 5.69 Å². The van der Waals surface area contributed by atoms with Crippen LogP contribution < -0.4 is 16.4 Å². The molecule has 0 aliphatic carbocycles. The second-order valence-corrected chi connectivity index (χ2v) is 4.53. The van der Waals surface area contributed by atoms with E-state index >= 15 is 0 Å². The van der Waals surface area contributed by atoms with E-state index < -0.39 is 5.82 Å². The fourth-order valence-corrected chi connectivity index (χ4v) is 1.60. The van der Waals surface area contributed by atoms with Gasteiger partial charge in [-0.3, -0.25) is 4.79 Å². The summed E-state index contributed by atoms with van der Waals surface area (Å²) >= 11 is 4.76. The van der Waals surface area contributed by atoms with E-state index in [9.17, 15) is 9.18 Å². The molecule has 4 nitrogen and oxygen atoms in total. The number of rotatable bonds is 7. The maximum absolute atomic E-state index is 13.7. The lowest BCUT2D eigenvalue weighted by Gasteiger charge is -2.09. The highest BCUT2D eigenvalue weighted by atomic mass is 32.1. The lowest BCUT2D eigenvalue weighted by atomic mass is 10.2. The molecule has 0 fully saturated rings. The van der Waals surface area contributed by atoms with E-state index in [1.165, 1.54) is 6.07 Å². The largest absolute Gasteiger partial charge is 0.389 e. The van der Waals surface area contributed by atoms with Gasteiger partial charge in [0.25, 0.3) is 0 Å². The molecule has 0 aliphatic heterocycles. The fourth-order valence-electron chi connectivity index (χ4n) is 1.48. The van der Waals surface area contributed by atoms with Crippen molar-refractivity contribution in [1.82, 2.24) is 5.32 Å². The summed E-state index contributed by atoms with van der Waals surface area (Å²) in [5.74, 6) is -0.478. The molecule has 0 saturated carbocycles. The number of carbonyl (C=O) groups is 1. The highest BCUT2D eigenvalue weighted by molar-refractivity contribution is 7.80. The summed E-state index contributed by atoms with van der Waals surface area (Å²) < 4.78 is 13.7. The van der Waals surface area contributed by atoms with Crippen molar-refractivity contribution in [3.05, 3.63) is 29.6 Å². The molecule has 1 amide bonds. The van der Waals surface area contributed by atoms with Crippen LogP contribution in [-0.2, 0) is 4.79 Å². The number of hydrogen-bond acceptors (Lipinski definition) is 3. The molecule has 1 rings (SSSR count). The van der Waals surface area contributed by atoms with Crippen LogP contribution >= 0.6 is 12.2 Å². The Kier molecular flexibility index (Phi) is 6.21. The molecule has 0 heterocycles. The minimum atomic E-state index is -0.431. The van der Waals surface area contributed by atoms with E-state index in [0.29, 0.717) is 30.8 Å². The Hall–Kier alpha value is -1.69. The van der Waals surface area contributed by atoms with Gasteiger partial charge in [0.15, 0.2) is 0 Å². The average molecular weight is 283 g/mol. The Morgan fingerprint density at radius 1 is 1.42 bits per heavy atom. The smallest absolute Gasteiger partial charge is 0.221 e. The van der Waals surface area contributed by atoms with Gasteiger partial charge in [0, 0.05) is 25.1 Å². The molecule has 1 aromatic rings. The summed E-state index contributed by atoms with van der Waals surface area (Å²) in [5, 5.41) is 5.62. The molecule has 6 heteroatoms. The molecule has 0 spiro atoms. The number of nitrogens with two attached hydrogens (primary N) is 1. The number of thiocarbonyl (C=S) groups is 1. The van der Waals surface area contributed by atoms with E-state index in [1.54, 1.807) is 12.1 Å². The van der Waals surface area contributed by atoms with Crippen molar-refractivity contribution in [2.45, 2.75) is 19.8 Å². The summed E-state index contributed by atoms with van der Waals surface area (Å²) in [7, 11) is 0. The summed E-state index contributed by atoms with van der Waals surface area (Å²) in [6.45, 7) is 3.02. The van der Waals surface area contributed by atoms with E-state index in [2.05, 4.69) is 10.6 Å². The van der Waals surface area contributed by atoms with Crippen molar-refractivity contribution in [3.63, 3.8) is 0 Å². The Morgan fingerprint density at radius 2 is 2.16 bits per heavy atom. The second kappa shape index (κ2) is 7.68. The third-order valence-corrected chi connectivity index (χ3v) is 2.73. The SMILES string of the molecule is CCCNC(=O)CCNc1ccc(C(N)=S)cc1F. The lowest BCUT2D eigenvalue weighted by molar-refractivity contribution is -0.120. The zero-order valence-electron chi connectivity index (χ0n) is 10.8. The van der Waals surface area contributed by atoms with Crippen molar-refractivity contribution in [1.29, 1.82) is 0 Å². The molecule has 0 atom stereocenters. The van der Waals surface area contributed by atoms with Gasteiger partial charge in [-0.15, -0.1) is 0 Å². The summed E-state index contributed by atoms with van der Waals surface area (Å²) in [6.07, 6.45) is 1.20. The van der Waals surface area contributed by atoms with Gasteiger partial charge >= 0.3 is 0 Å². The Labute approximate surface area is 117 Å². The zero-order valence-corrected chi connectivity index (χ0v) is 11.6. The van der Waals surface area contributed by atoms with Gasteiger partial charge in [-0.25, -0.2) is 4.39 Å². The molecule has 0 unspecified atom stereocenters. The molecule has 0 aliphatic rings. The summed E-state index contributed by atoms with van der Waals surface area (Å²) in [4.78, 5) is 11.5. The van der Waals surface area contributed by atoms with Crippen LogP contribution in [0.3, 0.4) is 0 Å². The predicted octanol–water partition coefficient (Wildman–Crippen LogP) is 1.79. The van der Waals surface area contributed by atoms with Crippen LogP contribution in [0.2, 0.25) is 0 Å². The highest BCUT2D eigenvalue weighted by Crippen LogP contribution is 2.15. The van der Waals surface area contributed by atoms with Crippen LogP contribution in [0.4, 0.5) is 10.1 Å². The molecule has 1 aromatic carbocycles. The maximum atomic E-state index is 13.7. The Balaban J connectivity index is 2.45. The van der Waals surface area contributed by atoms with Gasteiger partial charge in [0.1, 0.15) is 10.8 Å². The molecule has 104 valence electrons. The van der Waals surface area contributed by atoms with Crippen LogP contribution in [0.15, 0.2) is 18.2 Å². The Bertz CT molecular complexity index is 465. The average Bonchev–Trinajstić information content (AvgIpc) is 2.38. The third kappa shape index (κ3) is 5.21. The molecular weight excluding hydrogens is 265 g/mol. The van der Waals surface area contributed by atoms with Gasteiger partial charge in [-0.1, -0.05) is 19.1 Å². The van der Waals surface area contributed by atoms with Crippen molar-refractivity contribution in [3.8, 4) is 0 Å². The fraction of sp³-hybridized carbons (Fsp3) is 0.385. The minimum Gasteiger partial charge on any atom is -0.389 e. The minimum absolute atomic E-state index is 0.0467. The van der Waals surface area contributed by atoms with Crippen molar-refractivity contribution in [2.75, 3.05) is 18.4 Å². The first kappa shape index (κ1) is 15.4. The number of benzene rings is 1. The monoisotopic (exact) mass is 283 g/mol. The number of nitrogens with one attached hydrogen (secondary N) is 2. The first-order valence-corrected chi connectivity index (χ1v) is 6.55. The Morgan fingerprint density at radius 3 is 2.74 bits per heavy atom. The van der Waals surface area contributed by atoms with Gasteiger partial charge in [0.2, 0.25) is 5.91 Å². The van der Waals surface area contributed by atoms with Gasteiger partial charge in [-0.05, 0) is 24.6 Å². The van der Waals surface area contributed by atoms with Gasteiger partial charge < -0.3 is 16.4 Å². The van der Waals surface area contributed by atoms with E-state index in [4.69, 9.17) is 18.0 Å². The van der Waals surface area contributed by atoms with E-state index in [1.807, 2.05) is 6.92 Å². The molecule has 0 saturated heterocycles. The normalized spacial score (nSPS) is 10.0. The van der Waals surface area contributed by atoms with Crippen LogP contribution in [0.1, 0.15) is 25.3 Å². The van der Waals surface area contributed by atoms with Crippen molar-refractivity contribution >= 4 is 28.8 Å². The summed E-state index contributed by atoms with van der Waals surface area (Å²) in [6, 6.07) is 4.49. The number of halogens is 1. The van der Waals surface area contributed by atoms with Crippen LogP contribution in [0.25, 0.3) is 0 Å². The first-order valence-electron chi connectivity index (χ1n) is 6.14. The summed E-state index contributed by atoms with van der Waals surface area (Å²) in [5.41, 5.74) is 6.23. The van der Waals surface area contributed by atoms with Crippen LogP contribution in [-0.4, -0.2) is 24.0 Å². The van der Waals surface area contributed by atoms with E-state index in [0.717, 1.165) is 6.42 Å². The van der Waals surface area contributed by atoms with Crippen molar-refractivity contribution in [2.24, 2.45) is 5.73 Å². The van der Waals surface area contributed by atoms with Crippen LogP contribution in [0.5, 0.6) is 0 Å². The molecule has 0 aromatic heterocycles. The van der Waals surface area contributed by atoms with Gasteiger partial charge in [-0.2, -0.15) is 0 Å². The first-order chi connectivity index (χ1) is 9.04. The number of hydrogen-bond donors (Lipinski definition) is 3. The predicted molar refractivity (Wildman–Crippen MR) is 78.7 cm³/mol. The number of carbonyl (C=O) groups excluding carboxylic acids is 1. The van der Waals surface area contributed by atoms with Crippen molar-refractivity contribution < 1.29 is 9.18 Å². The molecular formula is C13H18FN3OS. The molecule has 4 N–H and O–H groups in total. The second-order valence-electron chi connectivity index (χ2n) is 4.09. The standard InChI is InChI=1S/C13H18FN3OS/c1-2-6-17-12(18)5-7-16-11-4-3-9(13(15)19)8-10(11)14/h3-4,8,16H,2,5-7H2,1H3,(H2,15,19)(H,17,18). The molecule has 0 radical (unpaired) electrons. The quantitative estimate of drug-likeness (QED) is 0.667. The lowest BCUT2D eigenvalue weighted by Crippen LogP contribution is -2.26. The molecule has 19 heavy (non-hydrogen) atoms. The number of amides is 1. The van der Waals surface area contributed by atoms with Crippen LogP contribution in [0, 0.1) is 5.82 Å².